The van der Waals surface area contributed by atoms with Gasteiger partial charge in [0.25, 0.3) is 5.91 Å². The summed E-state index contributed by atoms with van der Waals surface area (Å²) < 4.78 is 5.27. The lowest BCUT2D eigenvalue weighted by molar-refractivity contribution is -0.120. The third-order valence-corrected chi connectivity index (χ3v) is 4.39. The molecule has 2 aliphatic rings. The Kier molecular flexibility index (Phi) is 5.25. The van der Waals surface area contributed by atoms with Gasteiger partial charge in [0, 0.05) is 30.3 Å². The fourth-order valence-corrected chi connectivity index (χ4v) is 3.01. The predicted molar refractivity (Wildman–Crippen MR) is 87.4 cm³/mol. The van der Waals surface area contributed by atoms with Crippen LogP contribution in [0.2, 0.25) is 0 Å². The van der Waals surface area contributed by atoms with Crippen molar-refractivity contribution < 1.29 is 14.3 Å². The second-order valence-electron chi connectivity index (χ2n) is 6.00. The average Bonchev–Trinajstić information content (AvgIpc) is 2.63. The minimum absolute atomic E-state index is 0.00809. The average molecular weight is 317 g/mol. The fraction of sp³-hybridized carbons (Fsp3) is 0.529. The van der Waals surface area contributed by atoms with E-state index < -0.39 is 0 Å². The van der Waals surface area contributed by atoms with Crippen LogP contribution in [0, 0.1) is 5.92 Å². The molecule has 0 aliphatic carbocycles. The summed E-state index contributed by atoms with van der Waals surface area (Å²) in [7, 11) is 0. The van der Waals surface area contributed by atoms with Crippen molar-refractivity contribution >= 4 is 17.5 Å². The van der Waals surface area contributed by atoms with E-state index in [2.05, 4.69) is 10.6 Å². The first kappa shape index (κ1) is 16.0. The monoisotopic (exact) mass is 317 g/mol. The highest BCUT2D eigenvalue weighted by Gasteiger charge is 2.22. The molecule has 6 heteroatoms. The molecule has 0 bridgehead atoms. The highest BCUT2D eigenvalue weighted by atomic mass is 16.5. The van der Waals surface area contributed by atoms with Gasteiger partial charge in [0.1, 0.15) is 0 Å². The van der Waals surface area contributed by atoms with Gasteiger partial charge in [-0.25, -0.2) is 0 Å². The molecular formula is C17H23N3O3. The third kappa shape index (κ3) is 4.09. The molecular weight excluding hydrogens is 294 g/mol. The van der Waals surface area contributed by atoms with E-state index in [0.29, 0.717) is 37.6 Å². The summed E-state index contributed by atoms with van der Waals surface area (Å²) in [5.41, 5.74) is 1.29. The predicted octanol–water partition coefficient (Wildman–Crippen LogP) is 1.10. The second-order valence-corrected chi connectivity index (χ2v) is 6.00. The van der Waals surface area contributed by atoms with Gasteiger partial charge >= 0.3 is 0 Å². The Morgan fingerprint density at radius 1 is 1.17 bits per heavy atom. The van der Waals surface area contributed by atoms with Crippen LogP contribution >= 0.6 is 0 Å². The summed E-state index contributed by atoms with van der Waals surface area (Å²) in [6.07, 6.45) is 1.72. The van der Waals surface area contributed by atoms with Crippen molar-refractivity contribution in [1.82, 2.24) is 10.2 Å². The van der Waals surface area contributed by atoms with Crippen molar-refractivity contribution in [2.45, 2.75) is 12.8 Å². The molecule has 23 heavy (non-hydrogen) atoms. The quantitative estimate of drug-likeness (QED) is 0.876. The van der Waals surface area contributed by atoms with Gasteiger partial charge in [-0.3, -0.25) is 9.59 Å². The maximum atomic E-state index is 12.5. The van der Waals surface area contributed by atoms with Crippen molar-refractivity contribution in [1.29, 1.82) is 0 Å². The van der Waals surface area contributed by atoms with E-state index in [9.17, 15) is 9.59 Å². The molecule has 0 saturated carbocycles. The maximum absolute atomic E-state index is 12.5. The van der Waals surface area contributed by atoms with Gasteiger partial charge in [-0.2, -0.15) is 0 Å². The molecule has 1 aromatic carbocycles. The lowest BCUT2D eigenvalue weighted by atomic mass is 9.97. The van der Waals surface area contributed by atoms with E-state index in [4.69, 9.17) is 4.74 Å². The van der Waals surface area contributed by atoms with Gasteiger partial charge < -0.3 is 20.3 Å². The number of anilines is 1. The standard InChI is InChI=1S/C17H23N3O3/c21-16(13-4-6-18-7-5-13)19-15-3-1-2-14(12-15)17(22)20-8-10-23-11-9-20/h1-3,12-13,18H,4-11H2,(H,19,21). The van der Waals surface area contributed by atoms with E-state index in [0.717, 1.165) is 25.9 Å². The van der Waals surface area contributed by atoms with Gasteiger partial charge in [-0.15, -0.1) is 0 Å². The van der Waals surface area contributed by atoms with E-state index in [1.165, 1.54) is 0 Å². The van der Waals surface area contributed by atoms with E-state index in [-0.39, 0.29) is 17.7 Å². The number of amides is 2. The zero-order valence-corrected chi connectivity index (χ0v) is 13.2. The number of piperidine rings is 1. The zero-order valence-electron chi connectivity index (χ0n) is 13.2. The number of rotatable bonds is 3. The van der Waals surface area contributed by atoms with Gasteiger partial charge in [0.05, 0.1) is 13.2 Å². The Hall–Kier alpha value is -1.92. The van der Waals surface area contributed by atoms with Crippen LogP contribution in [0.3, 0.4) is 0 Å². The summed E-state index contributed by atoms with van der Waals surface area (Å²) in [6.45, 7) is 4.16. The number of nitrogens with one attached hydrogen (secondary N) is 2. The van der Waals surface area contributed by atoms with Crippen LogP contribution < -0.4 is 10.6 Å². The molecule has 2 heterocycles. The van der Waals surface area contributed by atoms with Gasteiger partial charge in [0.15, 0.2) is 0 Å². The first-order valence-corrected chi connectivity index (χ1v) is 8.23. The summed E-state index contributed by atoms with van der Waals surface area (Å²) >= 11 is 0. The lowest BCUT2D eigenvalue weighted by Crippen LogP contribution is -2.40. The van der Waals surface area contributed by atoms with Crippen LogP contribution in [-0.2, 0) is 9.53 Å². The Bertz CT molecular complexity index is 564. The highest BCUT2D eigenvalue weighted by molar-refractivity contribution is 5.97. The van der Waals surface area contributed by atoms with Gasteiger partial charge in [-0.05, 0) is 44.1 Å². The van der Waals surface area contributed by atoms with Crippen molar-refractivity contribution in [2.75, 3.05) is 44.7 Å². The van der Waals surface area contributed by atoms with Gasteiger partial charge in [-0.1, -0.05) is 6.07 Å². The molecule has 0 atom stereocenters. The number of nitrogens with zero attached hydrogens (tertiary/aromatic N) is 1. The first-order chi connectivity index (χ1) is 11.2. The Balaban J connectivity index is 1.64. The molecule has 0 spiro atoms. The normalized spacial score (nSPS) is 19.4. The molecule has 0 aromatic heterocycles. The van der Waals surface area contributed by atoms with Crippen molar-refractivity contribution in [2.24, 2.45) is 5.92 Å². The number of carbonyl (C=O) groups excluding carboxylic acids is 2. The molecule has 2 N–H and O–H groups in total. The van der Waals surface area contributed by atoms with E-state index in [1.807, 2.05) is 12.1 Å². The smallest absolute Gasteiger partial charge is 0.254 e. The molecule has 2 saturated heterocycles. The van der Waals surface area contributed by atoms with Crippen LogP contribution in [0.1, 0.15) is 23.2 Å². The largest absolute Gasteiger partial charge is 0.378 e. The van der Waals surface area contributed by atoms with Crippen molar-refractivity contribution in [3.05, 3.63) is 29.8 Å². The zero-order chi connectivity index (χ0) is 16.1. The molecule has 124 valence electrons. The maximum Gasteiger partial charge on any atom is 0.254 e. The number of ether oxygens (including phenoxy) is 1. The first-order valence-electron chi connectivity index (χ1n) is 8.23. The fourth-order valence-electron chi connectivity index (χ4n) is 3.01. The molecule has 6 nitrogen and oxygen atoms in total. The molecule has 2 amide bonds. The topological polar surface area (TPSA) is 70.7 Å². The highest BCUT2D eigenvalue weighted by Crippen LogP contribution is 2.18. The van der Waals surface area contributed by atoms with Crippen LogP contribution in [0.5, 0.6) is 0 Å². The minimum Gasteiger partial charge on any atom is -0.378 e. The van der Waals surface area contributed by atoms with Crippen molar-refractivity contribution in [3.8, 4) is 0 Å². The third-order valence-electron chi connectivity index (χ3n) is 4.39. The van der Waals surface area contributed by atoms with Crippen molar-refractivity contribution in [3.63, 3.8) is 0 Å². The molecule has 3 rings (SSSR count). The van der Waals surface area contributed by atoms with E-state index >= 15 is 0 Å². The summed E-state index contributed by atoms with van der Waals surface area (Å²) in [5.74, 6) is 0.0867. The summed E-state index contributed by atoms with van der Waals surface area (Å²) in [4.78, 5) is 26.6. The molecule has 0 unspecified atom stereocenters. The lowest BCUT2D eigenvalue weighted by Gasteiger charge is -2.27. The van der Waals surface area contributed by atoms with Crippen LogP contribution in [0.25, 0.3) is 0 Å². The molecule has 1 aromatic rings. The van der Waals surface area contributed by atoms with Crippen LogP contribution in [0.4, 0.5) is 5.69 Å². The summed E-state index contributed by atoms with van der Waals surface area (Å²) in [6, 6.07) is 7.19. The Labute approximate surface area is 136 Å². The summed E-state index contributed by atoms with van der Waals surface area (Å²) in [5, 5.41) is 6.20. The number of hydrogen-bond acceptors (Lipinski definition) is 4. The van der Waals surface area contributed by atoms with E-state index in [1.54, 1.807) is 17.0 Å². The van der Waals surface area contributed by atoms with Gasteiger partial charge in [0.2, 0.25) is 5.91 Å². The minimum atomic E-state index is -0.00809. The number of carbonyl (C=O) groups is 2. The number of hydrogen-bond donors (Lipinski definition) is 2. The number of morpholine rings is 1. The Morgan fingerprint density at radius 2 is 1.91 bits per heavy atom. The SMILES string of the molecule is O=C(Nc1cccc(C(=O)N2CCOCC2)c1)C1CCNCC1. The second kappa shape index (κ2) is 7.57. The Morgan fingerprint density at radius 3 is 2.65 bits per heavy atom. The van der Waals surface area contributed by atoms with Crippen LogP contribution in [-0.4, -0.2) is 56.1 Å². The number of benzene rings is 1. The molecule has 2 fully saturated rings. The molecule has 0 radical (unpaired) electrons. The molecule has 2 aliphatic heterocycles. The van der Waals surface area contributed by atoms with Crippen LogP contribution in [0.15, 0.2) is 24.3 Å².